The first-order valence-corrected chi connectivity index (χ1v) is 7.31. The van der Waals surface area contributed by atoms with Crippen LogP contribution < -0.4 is 0 Å². The zero-order chi connectivity index (χ0) is 12.9. The molecular weight excluding hydrogens is 220 g/mol. The number of Topliss-reactive ketones (excluding diaryl/α,β-unsaturated/α-hetero) is 1. The molecule has 0 bridgehead atoms. The molecule has 0 aliphatic heterocycles. The summed E-state index contributed by atoms with van der Waals surface area (Å²) in [4.78, 5) is 10.7. The standard InChI is InChI=1S/C16H30O.CH4/c1-4-15(2)13-11-9-7-5-6-8-10-12-14-16(3)17;/h10,12,15H,4-9,11,13-14H2,1-3H3;1H4/b12-10+;. The maximum Gasteiger partial charge on any atom is 0.133 e. The SMILES string of the molecule is C.CCC(C)CCCCCCC/C=C/CC(C)=O. The molecule has 0 saturated carbocycles. The quantitative estimate of drug-likeness (QED) is 0.329. The summed E-state index contributed by atoms with van der Waals surface area (Å²) in [5, 5.41) is 0. The van der Waals surface area contributed by atoms with Gasteiger partial charge in [-0.2, -0.15) is 0 Å². The van der Waals surface area contributed by atoms with Gasteiger partial charge in [0.05, 0.1) is 0 Å². The van der Waals surface area contributed by atoms with Crippen LogP contribution in [0.5, 0.6) is 0 Å². The predicted molar refractivity (Wildman–Crippen MR) is 82.9 cm³/mol. The lowest BCUT2D eigenvalue weighted by Crippen LogP contribution is -1.91. The molecule has 0 fully saturated rings. The van der Waals surface area contributed by atoms with E-state index in [-0.39, 0.29) is 13.2 Å². The predicted octanol–water partition coefficient (Wildman–Crippen LogP) is 5.93. The van der Waals surface area contributed by atoms with E-state index in [0.29, 0.717) is 6.42 Å². The summed E-state index contributed by atoms with van der Waals surface area (Å²) in [6, 6.07) is 0. The molecule has 18 heavy (non-hydrogen) atoms. The van der Waals surface area contributed by atoms with Gasteiger partial charge in [-0.25, -0.2) is 0 Å². The molecule has 1 atom stereocenters. The molecule has 0 radical (unpaired) electrons. The van der Waals surface area contributed by atoms with Crippen LogP contribution in [-0.2, 0) is 4.79 Å². The van der Waals surface area contributed by atoms with E-state index < -0.39 is 0 Å². The van der Waals surface area contributed by atoms with E-state index >= 15 is 0 Å². The Kier molecular flexibility index (Phi) is 15.9. The van der Waals surface area contributed by atoms with E-state index in [2.05, 4.69) is 19.9 Å². The molecule has 1 unspecified atom stereocenters. The maximum atomic E-state index is 10.7. The summed E-state index contributed by atoms with van der Waals surface area (Å²) in [6.45, 7) is 6.26. The number of carbonyl (C=O) groups is 1. The zero-order valence-electron chi connectivity index (χ0n) is 12.0. The highest BCUT2D eigenvalue weighted by Gasteiger charge is 1.97. The monoisotopic (exact) mass is 254 g/mol. The molecule has 0 aromatic rings. The number of hydrogen-bond acceptors (Lipinski definition) is 1. The molecule has 0 aromatic heterocycles. The lowest BCUT2D eigenvalue weighted by molar-refractivity contribution is -0.116. The third-order valence-corrected chi connectivity index (χ3v) is 3.34. The number of allylic oxidation sites excluding steroid dienone is 2. The van der Waals surface area contributed by atoms with Crippen molar-refractivity contribution in [2.45, 2.75) is 86.0 Å². The minimum atomic E-state index is 0. The van der Waals surface area contributed by atoms with Crippen molar-refractivity contribution in [1.29, 1.82) is 0 Å². The number of carbonyl (C=O) groups excluding carboxylic acids is 1. The topological polar surface area (TPSA) is 17.1 Å². The lowest BCUT2D eigenvalue weighted by atomic mass is 10.00. The molecule has 0 aliphatic rings. The third-order valence-electron chi connectivity index (χ3n) is 3.34. The number of hydrogen-bond donors (Lipinski definition) is 0. The molecule has 1 heteroatoms. The van der Waals surface area contributed by atoms with Crippen molar-refractivity contribution in [2.24, 2.45) is 5.92 Å². The van der Waals surface area contributed by atoms with Crippen LogP contribution in [0.25, 0.3) is 0 Å². The van der Waals surface area contributed by atoms with Crippen LogP contribution in [0.4, 0.5) is 0 Å². The minimum Gasteiger partial charge on any atom is -0.300 e. The van der Waals surface area contributed by atoms with Crippen molar-refractivity contribution in [3.05, 3.63) is 12.2 Å². The fourth-order valence-electron chi connectivity index (χ4n) is 1.86. The minimum absolute atomic E-state index is 0. The fourth-order valence-corrected chi connectivity index (χ4v) is 1.86. The second kappa shape index (κ2) is 14.5. The van der Waals surface area contributed by atoms with Gasteiger partial charge in [-0.15, -0.1) is 0 Å². The molecule has 0 N–H and O–H groups in total. The number of rotatable bonds is 11. The first-order chi connectivity index (χ1) is 8.16. The molecule has 108 valence electrons. The van der Waals surface area contributed by atoms with Crippen molar-refractivity contribution in [3.63, 3.8) is 0 Å². The van der Waals surface area contributed by atoms with Gasteiger partial charge in [-0.3, -0.25) is 4.79 Å². The van der Waals surface area contributed by atoms with Crippen molar-refractivity contribution in [1.82, 2.24) is 0 Å². The van der Waals surface area contributed by atoms with Crippen LogP contribution in [0.2, 0.25) is 0 Å². The third kappa shape index (κ3) is 15.4. The maximum absolute atomic E-state index is 10.7. The van der Waals surface area contributed by atoms with Crippen LogP contribution >= 0.6 is 0 Å². The Morgan fingerprint density at radius 1 is 1.06 bits per heavy atom. The first-order valence-electron chi connectivity index (χ1n) is 7.31. The van der Waals surface area contributed by atoms with Gasteiger partial charge in [0.2, 0.25) is 0 Å². The van der Waals surface area contributed by atoms with Gasteiger partial charge in [0, 0.05) is 6.42 Å². The van der Waals surface area contributed by atoms with E-state index in [1.54, 1.807) is 6.92 Å². The Bertz CT molecular complexity index is 206. The smallest absolute Gasteiger partial charge is 0.133 e. The van der Waals surface area contributed by atoms with E-state index in [9.17, 15) is 4.79 Å². The fraction of sp³-hybridized carbons (Fsp3) is 0.824. The van der Waals surface area contributed by atoms with Crippen LogP contribution in [0.1, 0.15) is 86.0 Å². The zero-order valence-corrected chi connectivity index (χ0v) is 12.0. The Hall–Kier alpha value is -0.590. The molecule has 0 spiro atoms. The number of unbranched alkanes of at least 4 members (excludes halogenated alkanes) is 5. The van der Waals surface area contributed by atoms with Crippen LogP contribution in [-0.4, -0.2) is 5.78 Å². The van der Waals surface area contributed by atoms with Gasteiger partial charge in [-0.05, 0) is 25.7 Å². The molecule has 0 heterocycles. The summed E-state index contributed by atoms with van der Waals surface area (Å²) in [5.41, 5.74) is 0. The first kappa shape index (κ1) is 19.7. The van der Waals surface area contributed by atoms with Crippen molar-refractivity contribution < 1.29 is 4.79 Å². The molecule has 0 saturated heterocycles. The molecular formula is C17H34O. The molecule has 0 aromatic carbocycles. The van der Waals surface area contributed by atoms with Gasteiger partial charge < -0.3 is 0 Å². The number of ketones is 1. The normalized spacial score (nSPS) is 12.4. The van der Waals surface area contributed by atoms with Gasteiger partial charge in [-0.1, -0.05) is 72.0 Å². The van der Waals surface area contributed by atoms with Gasteiger partial charge in [0.1, 0.15) is 5.78 Å². The summed E-state index contributed by atoms with van der Waals surface area (Å²) in [7, 11) is 0. The lowest BCUT2D eigenvalue weighted by Gasteiger charge is -2.07. The highest BCUT2D eigenvalue weighted by molar-refractivity contribution is 5.76. The molecule has 1 nitrogen and oxygen atoms in total. The highest BCUT2D eigenvalue weighted by Crippen LogP contribution is 2.14. The van der Waals surface area contributed by atoms with Gasteiger partial charge in [0.15, 0.2) is 0 Å². The highest BCUT2D eigenvalue weighted by atomic mass is 16.1. The average Bonchev–Trinajstić information content (AvgIpc) is 2.30. The van der Waals surface area contributed by atoms with Crippen LogP contribution in [0.15, 0.2) is 12.2 Å². The molecule has 0 rings (SSSR count). The largest absolute Gasteiger partial charge is 0.300 e. The van der Waals surface area contributed by atoms with Crippen LogP contribution in [0.3, 0.4) is 0 Å². The summed E-state index contributed by atoms with van der Waals surface area (Å²) in [6.07, 6.45) is 15.4. The summed E-state index contributed by atoms with van der Waals surface area (Å²) < 4.78 is 0. The van der Waals surface area contributed by atoms with E-state index in [4.69, 9.17) is 0 Å². The van der Waals surface area contributed by atoms with Gasteiger partial charge in [0.25, 0.3) is 0 Å². The summed E-state index contributed by atoms with van der Waals surface area (Å²) >= 11 is 0. The molecule has 0 amide bonds. The average molecular weight is 254 g/mol. The Morgan fingerprint density at radius 3 is 2.28 bits per heavy atom. The Balaban J connectivity index is 0. The van der Waals surface area contributed by atoms with Gasteiger partial charge >= 0.3 is 0 Å². The van der Waals surface area contributed by atoms with Crippen molar-refractivity contribution >= 4 is 5.78 Å². The van der Waals surface area contributed by atoms with E-state index in [1.807, 2.05) is 6.08 Å². The summed E-state index contributed by atoms with van der Waals surface area (Å²) in [5.74, 6) is 1.16. The van der Waals surface area contributed by atoms with Crippen molar-refractivity contribution in [2.75, 3.05) is 0 Å². The van der Waals surface area contributed by atoms with Crippen LogP contribution in [0, 0.1) is 5.92 Å². The Morgan fingerprint density at radius 2 is 1.67 bits per heavy atom. The van der Waals surface area contributed by atoms with E-state index in [0.717, 1.165) is 12.3 Å². The molecule has 0 aliphatic carbocycles. The van der Waals surface area contributed by atoms with Crippen molar-refractivity contribution in [3.8, 4) is 0 Å². The Labute approximate surface area is 115 Å². The van der Waals surface area contributed by atoms with E-state index in [1.165, 1.54) is 44.9 Å². The second-order valence-corrected chi connectivity index (χ2v) is 5.24. The second-order valence-electron chi connectivity index (χ2n) is 5.24.